The van der Waals surface area contributed by atoms with E-state index in [-0.39, 0.29) is 24.4 Å². The zero-order valence-electron chi connectivity index (χ0n) is 15.5. The van der Waals surface area contributed by atoms with Crippen LogP contribution in [0.4, 0.5) is 5.69 Å². The number of nitrogens with zero attached hydrogens (tertiary/aromatic N) is 2. The van der Waals surface area contributed by atoms with Crippen LogP contribution in [0.3, 0.4) is 0 Å². The fourth-order valence-corrected chi connectivity index (χ4v) is 3.59. The smallest absolute Gasteiger partial charge is 0.239 e. The van der Waals surface area contributed by atoms with E-state index in [1.165, 1.54) is 0 Å². The predicted molar refractivity (Wildman–Crippen MR) is 102 cm³/mol. The second-order valence-corrected chi connectivity index (χ2v) is 7.72. The second kappa shape index (κ2) is 8.68. The number of piperidine rings is 1. The number of carbonyl (C=O) groups is 2. The summed E-state index contributed by atoms with van der Waals surface area (Å²) in [6.45, 7) is 7.95. The van der Waals surface area contributed by atoms with Gasteiger partial charge in [-0.15, -0.1) is 0 Å². The number of anilines is 1. The number of nitrogens with one attached hydrogen (secondary N) is 1. The average molecular weight is 366 g/mol. The number of para-hydroxylation sites is 1. The van der Waals surface area contributed by atoms with Gasteiger partial charge in [0.1, 0.15) is 0 Å². The molecule has 1 aliphatic heterocycles. The summed E-state index contributed by atoms with van der Waals surface area (Å²) >= 11 is 6.06. The molecule has 1 aromatic rings. The molecule has 0 saturated carbocycles. The number of rotatable bonds is 5. The lowest BCUT2D eigenvalue weighted by molar-refractivity contribution is -0.139. The molecule has 0 aliphatic carbocycles. The summed E-state index contributed by atoms with van der Waals surface area (Å²) in [7, 11) is 1.80. The number of likely N-dealkylation sites (N-methyl/N-ethyl adjacent to an activating group) is 1. The number of halogens is 1. The topological polar surface area (TPSA) is 52.7 Å². The van der Waals surface area contributed by atoms with Crippen molar-refractivity contribution in [1.82, 2.24) is 9.80 Å². The van der Waals surface area contributed by atoms with Crippen molar-refractivity contribution >= 4 is 29.1 Å². The summed E-state index contributed by atoms with van der Waals surface area (Å²) in [6, 6.07) is 6.77. The van der Waals surface area contributed by atoms with Crippen LogP contribution in [0.15, 0.2) is 24.3 Å². The maximum absolute atomic E-state index is 12.8. The monoisotopic (exact) mass is 365 g/mol. The SMILES string of the molecule is C[C@@H]1C[C@@H](C)CN(C(=O)[C@H](C)N(C)CC(=O)Nc2ccccc2Cl)C1. The molecule has 0 bridgehead atoms. The molecule has 2 rings (SSSR count). The molecule has 1 saturated heterocycles. The zero-order valence-corrected chi connectivity index (χ0v) is 16.2. The molecule has 1 N–H and O–H groups in total. The lowest BCUT2D eigenvalue weighted by atomic mass is 9.91. The van der Waals surface area contributed by atoms with Crippen LogP contribution >= 0.6 is 11.6 Å². The van der Waals surface area contributed by atoms with E-state index in [0.29, 0.717) is 22.5 Å². The largest absolute Gasteiger partial charge is 0.341 e. The van der Waals surface area contributed by atoms with Crippen LogP contribution in [0.5, 0.6) is 0 Å². The van der Waals surface area contributed by atoms with Gasteiger partial charge in [0.15, 0.2) is 0 Å². The third-order valence-electron chi connectivity index (χ3n) is 4.74. The van der Waals surface area contributed by atoms with Crippen LogP contribution in [0.1, 0.15) is 27.2 Å². The summed E-state index contributed by atoms with van der Waals surface area (Å²) in [5.74, 6) is 0.949. The van der Waals surface area contributed by atoms with E-state index < -0.39 is 0 Å². The number of likely N-dealkylation sites (tertiary alicyclic amines) is 1. The Morgan fingerprint density at radius 2 is 1.88 bits per heavy atom. The first kappa shape index (κ1) is 19.7. The number of hydrogen-bond acceptors (Lipinski definition) is 3. The van der Waals surface area contributed by atoms with Gasteiger partial charge in [-0.1, -0.05) is 37.6 Å². The molecule has 138 valence electrons. The summed E-state index contributed by atoms with van der Waals surface area (Å²) in [4.78, 5) is 28.7. The minimum absolute atomic E-state index is 0.0893. The highest BCUT2D eigenvalue weighted by Crippen LogP contribution is 2.22. The molecule has 1 fully saturated rings. The van der Waals surface area contributed by atoms with Crippen molar-refractivity contribution in [2.45, 2.75) is 33.2 Å². The van der Waals surface area contributed by atoms with E-state index in [9.17, 15) is 9.59 Å². The van der Waals surface area contributed by atoms with Crippen LogP contribution in [0.2, 0.25) is 5.02 Å². The molecule has 0 radical (unpaired) electrons. The van der Waals surface area contributed by atoms with E-state index in [1.807, 2.05) is 24.0 Å². The molecule has 0 unspecified atom stereocenters. The molecular weight excluding hydrogens is 338 g/mol. The Hall–Kier alpha value is -1.59. The van der Waals surface area contributed by atoms with E-state index in [0.717, 1.165) is 19.5 Å². The fraction of sp³-hybridized carbons (Fsp3) is 0.579. The van der Waals surface area contributed by atoms with Crippen LogP contribution in [0.25, 0.3) is 0 Å². The van der Waals surface area contributed by atoms with Gasteiger partial charge in [-0.05, 0) is 44.4 Å². The fourth-order valence-electron chi connectivity index (χ4n) is 3.41. The Bertz CT molecular complexity index is 612. The Morgan fingerprint density at radius 3 is 2.48 bits per heavy atom. The molecule has 2 amide bonds. The quantitative estimate of drug-likeness (QED) is 0.872. The molecular formula is C19H28ClN3O2. The lowest BCUT2D eigenvalue weighted by Gasteiger charge is -2.38. The first-order chi connectivity index (χ1) is 11.8. The Labute approximate surface area is 155 Å². The van der Waals surface area contributed by atoms with Gasteiger partial charge in [0, 0.05) is 13.1 Å². The highest BCUT2D eigenvalue weighted by atomic mass is 35.5. The molecule has 0 aromatic heterocycles. The number of amides is 2. The highest BCUT2D eigenvalue weighted by Gasteiger charge is 2.30. The summed E-state index contributed by atoms with van der Waals surface area (Å²) < 4.78 is 0. The van der Waals surface area contributed by atoms with Gasteiger partial charge in [-0.2, -0.15) is 0 Å². The number of hydrogen-bond donors (Lipinski definition) is 1. The molecule has 1 aromatic carbocycles. The van der Waals surface area contributed by atoms with E-state index >= 15 is 0 Å². The van der Waals surface area contributed by atoms with Crippen LogP contribution in [0, 0.1) is 11.8 Å². The molecule has 1 aliphatic rings. The zero-order chi connectivity index (χ0) is 18.6. The van der Waals surface area contributed by atoms with Crippen molar-refractivity contribution in [2.24, 2.45) is 11.8 Å². The molecule has 3 atom stereocenters. The summed E-state index contributed by atoms with van der Waals surface area (Å²) in [5, 5.41) is 3.29. The first-order valence-corrected chi connectivity index (χ1v) is 9.19. The minimum atomic E-state index is -0.338. The van der Waals surface area contributed by atoms with Crippen LogP contribution < -0.4 is 5.32 Å². The van der Waals surface area contributed by atoms with Crippen molar-refractivity contribution in [2.75, 3.05) is 32.0 Å². The minimum Gasteiger partial charge on any atom is -0.341 e. The summed E-state index contributed by atoms with van der Waals surface area (Å²) in [6.07, 6.45) is 1.16. The van der Waals surface area contributed by atoms with Gasteiger partial charge >= 0.3 is 0 Å². The van der Waals surface area contributed by atoms with Crippen LogP contribution in [-0.4, -0.2) is 54.3 Å². The molecule has 6 heteroatoms. The van der Waals surface area contributed by atoms with Gasteiger partial charge in [0.05, 0.1) is 23.3 Å². The molecule has 1 heterocycles. The van der Waals surface area contributed by atoms with Crippen LogP contribution in [-0.2, 0) is 9.59 Å². The van der Waals surface area contributed by atoms with E-state index in [4.69, 9.17) is 11.6 Å². The molecule has 0 spiro atoms. The third-order valence-corrected chi connectivity index (χ3v) is 5.07. The van der Waals surface area contributed by atoms with E-state index in [2.05, 4.69) is 19.2 Å². The third kappa shape index (κ3) is 5.44. The molecule has 25 heavy (non-hydrogen) atoms. The van der Waals surface area contributed by atoms with Gasteiger partial charge in [0.2, 0.25) is 11.8 Å². The Balaban J connectivity index is 1.90. The van der Waals surface area contributed by atoms with Crippen molar-refractivity contribution in [3.8, 4) is 0 Å². The normalized spacial score (nSPS) is 21.9. The van der Waals surface area contributed by atoms with Gasteiger partial charge in [0.25, 0.3) is 0 Å². The van der Waals surface area contributed by atoms with Gasteiger partial charge in [-0.25, -0.2) is 0 Å². The highest BCUT2D eigenvalue weighted by molar-refractivity contribution is 6.33. The number of carbonyl (C=O) groups excluding carboxylic acids is 2. The van der Waals surface area contributed by atoms with Gasteiger partial charge in [-0.3, -0.25) is 14.5 Å². The maximum atomic E-state index is 12.8. The Morgan fingerprint density at radius 1 is 1.28 bits per heavy atom. The van der Waals surface area contributed by atoms with Gasteiger partial charge < -0.3 is 10.2 Å². The van der Waals surface area contributed by atoms with Crippen molar-refractivity contribution in [1.29, 1.82) is 0 Å². The second-order valence-electron chi connectivity index (χ2n) is 7.31. The average Bonchev–Trinajstić information content (AvgIpc) is 2.54. The van der Waals surface area contributed by atoms with Crippen molar-refractivity contribution < 1.29 is 9.59 Å². The van der Waals surface area contributed by atoms with Crippen molar-refractivity contribution in [3.63, 3.8) is 0 Å². The van der Waals surface area contributed by atoms with E-state index in [1.54, 1.807) is 24.1 Å². The number of benzene rings is 1. The first-order valence-electron chi connectivity index (χ1n) is 8.81. The predicted octanol–water partition coefficient (Wildman–Crippen LogP) is 3.10. The molecule has 5 nitrogen and oxygen atoms in total. The standard InChI is InChI=1S/C19H28ClN3O2/c1-13-9-14(2)11-23(10-13)19(25)15(3)22(4)12-18(24)21-17-8-6-5-7-16(17)20/h5-8,13-15H,9-12H2,1-4H3,(H,21,24)/t13-,14-,15+/m1/s1. The summed E-state index contributed by atoms with van der Waals surface area (Å²) in [5.41, 5.74) is 0.584. The van der Waals surface area contributed by atoms with Crippen molar-refractivity contribution in [3.05, 3.63) is 29.3 Å². The Kier molecular flexibility index (Phi) is 6.85. The maximum Gasteiger partial charge on any atom is 0.239 e. The lowest BCUT2D eigenvalue weighted by Crippen LogP contribution is -2.51.